The Morgan fingerprint density at radius 2 is 2.09 bits per heavy atom. The Bertz CT molecular complexity index is 1630. The van der Waals surface area contributed by atoms with Gasteiger partial charge in [0.1, 0.15) is 23.8 Å². The number of carbonyl (C=O) groups is 1. The predicted octanol–water partition coefficient (Wildman–Crippen LogP) is 3.23. The highest BCUT2D eigenvalue weighted by Gasteiger charge is 2.41. The van der Waals surface area contributed by atoms with Crippen LogP contribution in [0.3, 0.4) is 0 Å². The lowest BCUT2D eigenvalue weighted by Crippen LogP contribution is -2.46. The van der Waals surface area contributed by atoms with E-state index in [4.69, 9.17) is 21.1 Å². The van der Waals surface area contributed by atoms with Gasteiger partial charge in [0.15, 0.2) is 0 Å². The Kier molecular flexibility index (Phi) is 9.13. The van der Waals surface area contributed by atoms with Crippen molar-refractivity contribution in [2.24, 2.45) is 0 Å². The minimum atomic E-state index is -4.13. The van der Waals surface area contributed by atoms with Crippen molar-refractivity contribution in [3.8, 4) is 17.0 Å². The molecule has 3 N–H and O–H groups in total. The van der Waals surface area contributed by atoms with Crippen LogP contribution >= 0.6 is 11.6 Å². The van der Waals surface area contributed by atoms with Gasteiger partial charge in [-0.05, 0) is 42.7 Å². The number of nitrogens with one attached hydrogen (secondary N) is 2. The lowest BCUT2D eigenvalue weighted by atomic mass is 10.1. The molecule has 15 heteroatoms. The maximum absolute atomic E-state index is 14.3. The first-order valence-corrected chi connectivity index (χ1v) is 15.3. The first kappa shape index (κ1) is 31.0. The van der Waals surface area contributed by atoms with E-state index in [0.717, 1.165) is 16.4 Å². The van der Waals surface area contributed by atoms with Gasteiger partial charge in [0.05, 0.1) is 54.2 Å². The van der Waals surface area contributed by atoms with Crippen molar-refractivity contribution in [1.82, 2.24) is 19.6 Å². The lowest BCUT2D eigenvalue weighted by Gasteiger charge is -2.26. The molecular formula is C28H30ClF2N5O6S. The Labute approximate surface area is 252 Å². The second-order valence-electron chi connectivity index (χ2n) is 10.2. The van der Waals surface area contributed by atoms with Crippen LogP contribution in [-0.2, 0) is 26.1 Å². The number of amides is 1. The smallest absolute Gasteiger partial charge is 0.244 e. The molecule has 11 nitrogen and oxygen atoms in total. The monoisotopic (exact) mass is 637 g/mol. The number of rotatable bonds is 9. The average Bonchev–Trinajstić information content (AvgIpc) is 3.26. The van der Waals surface area contributed by atoms with Gasteiger partial charge in [-0.1, -0.05) is 23.7 Å². The number of aromatic nitrogens is 2. The van der Waals surface area contributed by atoms with E-state index in [1.165, 1.54) is 32.4 Å². The number of ether oxygens (including phenoxy) is 2. The molecule has 0 aliphatic carbocycles. The minimum absolute atomic E-state index is 0.0179. The second kappa shape index (κ2) is 12.7. The summed E-state index contributed by atoms with van der Waals surface area (Å²) >= 11 is 6.37. The molecule has 4 atom stereocenters. The van der Waals surface area contributed by atoms with E-state index in [1.807, 2.05) is 0 Å². The van der Waals surface area contributed by atoms with E-state index in [2.05, 4.69) is 20.6 Å². The van der Waals surface area contributed by atoms with Gasteiger partial charge < -0.3 is 25.2 Å². The largest absolute Gasteiger partial charge is 0.497 e. The summed E-state index contributed by atoms with van der Waals surface area (Å²) in [5.41, 5.74) is 1.36. The molecule has 2 aliphatic rings. The lowest BCUT2D eigenvalue weighted by molar-refractivity contribution is -0.125. The molecular weight excluding hydrogens is 608 g/mol. The number of hydrogen-bond acceptors (Lipinski definition) is 9. The zero-order chi connectivity index (χ0) is 30.9. The van der Waals surface area contributed by atoms with Gasteiger partial charge in [0, 0.05) is 24.8 Å². The van der Waals surface area contributed by atoms with Crippen molar-refractivity contribution in [3.05, 3.63) is 64.6 Å². The molecule has 0 saturated carbocycles. The summed E-state index contributed by atoms with van der Waals surface area (Å²) in [6.07, 6.45) is 0.540. The SMILES string of the molecule is COc1cc(F)cc([C@@H](CO)NC(=O)[C@@H](C)N2Cc3ccc(-c4nc(N[C@@H]5CCOC[C@H]5F)ncc4Cl)cc3S2(=O)=O)c1. The zero-order valence-electron chi connectivity index (χ0n) is 23.3. The number of alkyl halides is 1. The fourth-order valence-electron chi connectivity index (χ4n) is 5.03. The predicted molar refractivity (Wildman–Crippen MR) is 153 cm³/mol. The fraction of sp³-hybridized carbons (Fsp3) is 0.393. The number of aliphatic hydroxyl groups excluding tert-OH is 1. The Balaban J connectivity index is 1.35. The minimum Gasteiger partial charge on any atom is -0.497 e. The van der Waals surface area contributed by atoms with E-state index >= 15 is 0 Å². The molecule has 0 bridgehead atoms. The first-order chi connectivity index (χ1) is 20.5. The van der Waals surface area contributed by atoms with Crippen LogP contribution in [0.5, 0.6) is 5.75 Å². The summed E-state index contributed by atoms with van der Waals surface area (Å²) in [4.78, 5) is 21.7. The number of aliphatic hydroxyl groups is 1. The van der Waals surface area contributed by atoms with Gasteiger partial charge in [-0.25, -0.2) is 27.2 Å². The highest BCUT2D eigenvalue weighted by atomic mass is 35.5. The van der Waals surface area contributed by atoms with Crippen molar-refractivity contribution in [1.29, 1.82) is 0 Å². The molecule has 1 saturated heterocycles. The van der Waals surface area contributed by atoms with E-state index in [1.54, 1.807) is 12.1 Å². The third kappa shape index (κ3) is 6.43. The van der Waals surface area contributed by atoms with Crippen LogP contribution in [0.2, 0.25) is 5.02 Å². The van der Waals surface area contributed by atoms with Gasteiger partial charge in [-0.15, -0.1) is 0 Å². The zero-order valence-corrected chi connectivity index (χ0v) is 24.8. The second-order valence-corrected chi connectivity index (χ2v) is 12.5. The van der Waals surface area contributed by atoms with Crippen LogP contribution in [-0.4, -0.2) is 78.9 Å². The third-order valence-corrected chi connectivity index (χ3v) is 9.72. The Morgan fingerprint density at radius 1 is 1.30 bits per heavy atom. The normalized spacial score (nSPS) is 21.1. The first-order valence-electron chi connectivity index (χ1n) is 13.4. The topological polar surface area (TPSA) is 143 Å². The van der Waals surface area contributed by atoms with E-state index in [9.17, 15) is 27.1 Å². The van der Waals surface area contributed by atoms with E-state index in [0.29, 0.717) is 24.2 Å². The third-order valence-electron chi connectivity index (χ3n) is 7.44. The summed E-state index contributed by atoms with van der Waals surface area (Å²) < 4.78 is 66.7. The van der Waals surface area contributed by atoms with Crippen LogP contribution in [0.1, 0.15) is 30.5 Å². The van der Waals surface area contributed by atoms with Crippen LogP contribution in [0.15, 0.2) is 47.5 Å². The highest BCUT2D eigenvalue weighted by molar-refractivity contribution is 7.89. The molecule has 0 radical (unpaired) electrons. The summed E-state index contributed by atoms with van der Waals surface area (Å²) in [6.45, 7) is 1.16. The molecule has 2 aliphatic heterocycles. The van der Waals surface area contributed by atoms with Crippen LogP contribution in [0.25, 0.3) is 11.3 Å². The molecule has 1 fully saturated rings. The van der Waals surface area contributed by atoms with Crippen molar-refractivity contribution in [2.75, 3.05) is 32.2 Å². The number of hydrogen-bond donors (Lipinski definition) is 3. The number of benzene rings is 2. The quantitative estimate of drug-likeness (QED) is 0.322. The molecule has 230 valence electrons. The van der Waals surface area contributed by atoms with Crippen LogP contribution in [0.4, 0.5) is 14.7 Å². The maximum atomic E-state index is 14.3. The summed E-state index contributed by atoms with van der Waals surface area (Å²) in [6, 6.07) is 5.76. The molecule has 0 spiro atoms. The van der Waals surface area contributed by atoms with Gasteiger partial charge in [0.2, 0.25) is 21.9 Å². The number of fused-ring (bicyclic) bond motifs is 1. The van der Waals surface area contributed by atoms with Gasteiger partial charge in [0.25, 0.3) is 0 Å². The maximum Gasteiger partial charge on any atom is 0.244 e. The van der Waals surface area contributed by atoms with Crippen LogP contribution in [0, 0.1) is 5.82 Å². The molecule has 3 heterocycles. The van der Waals surface area contributed by atoms with Crippen molar-refractivity contribution in [3.63, 3.8) is 0 Å². The molecule has 5 rings (SSSR count). The molecule has 43 heavy (non-hydrogen) atoms. The van der Waals surface area contributed by atoms with E-state index < -0.39 is 52.7 Å². The summed E-state index contributed by atoms with van der Waals surface area (Å²) in [5.74, 6) is -0.970. The summed E-state index contributed by atoms with van der Waals surface area (Å²) in [7, 11) is -2.78. The molecule has 2 aromatic carbocycles. The number of methoxy groups -OCH3 is 1. The van der Waals surface area contributed by atoms with Crippen molar-refractivity contribution >= 4 is 33.5 Å². The number of anilines is 1. The Hall–Kier alpha value is -3.43. The van der Waals surface area contributed by atoms with Crippen molar-refractivity contribution in [2.45, 2.75) is 49.1 Å². The van der Waals surface area contributed by atoms with Gasteiger partial charge in [-0.3, -0.25) is 4.79 Å². The summed E-state index contributed by atoms with van der Waals surface area (Å²) in [5, 5.41) is 15.6. The van der Waals surface area contributed by atoms with E-state index in [-0.39, 0.29) is 46.0 Å². The van der Waals surface area contributed by atoms with Crippen molar-refractivity contribution < 1.29 is 36.6 Å². The molecule has 3 aromatic rings. The number of carbonyl (C=O) groups excluding carboxylic acids is 1. The number of sulfonamides is 1. The number of halogens is 3. The standard InChI is InChI=1S/C28H30ClF2N5O6S/c1-15(27(38)33-24(13-37)18-7-19(30)10-20(8-18)41-2)36-12-17-4-3-16(9-25(17)43(36,39)40)26-21(29)11-32-28(35-26)34-23-5-6-42-14-22(23)31/h3-4,7-11,15,22-24,37H,5-6,12-14H2,1-2H3,(H,33,38)(H,32,34,35)/t15-,22-,23-,24-/m1/s1. The average molecular weight is 638 g/mol. The highest BCUT2D eigenvalue weighted by Crippen LogP contribution is 2.37. The Morgan fingerprint density at radius 3 is 2.81 bits per heavy atom. The van der Waals surface area contributed by atoms with Gasteiger partial charge in [-0.2, -0.15) is 4.31 Å². The fourth-order valence-corrected chi connectivity index (χ4v) is 7.04. The molecule has 1 amide bonds. The molecule has 0 unspecified atom stereocenters. The van der Waals surface area contributed by atoms with Gasteiger partial charge >= 0.3 is 0 Å². The van der Waals surface area contributed by atoms with Crippen LogP contribution < -0.4 is 15.4 Å². The molecule has 1 aromatic heterocycles. The number of nitrogens with zero attached hydrogens (tertiary/aromatic N) is 3.